The van der Waals surface area contributed by atoms with Gasteiger partial charge in [0.05, 0.1) is 10.7 Å². The fraction of sp³-hybridized carbons (Fsp3) is 0.321. The fourth-order valence-electron chi connectivity index (χ4n) is 4.91. The average Bonchev–Trinajstić information content (AvgIpc) is 3.12. The summed E-state index contributed by atoms with van der Waals surface area (Å²) in [5.41, 5.74) is 9.13. The van der Waals surface area contributed by atoms with Crippen molar-refractivity contribution in [1.29, 1.82) is 0 Å². The van der Waals surface area contributed by atoms with E-state index in [2.05, 4.69) is 21.4 Å². The zero-order valence-electron chi connectivity index (χ0n) is 20.6. The molecule has 9 heteroatoms. The van der Waals surface area contributed by atoms with E-state index in [0.29, 0.717) is 40.3 Å². The molecule has 1 aromatic heterocycles. The molecule has 2 aliphatic heterocycles. The Morgan fingerprint density at radius 1 is 1.30 bits per heavy atom. The highest BCUT2D eigenvalue weighted by molar-refractivity contribution is 6.32. The minimum absolute atomic E-state index is 0.0876. The zero-order valence-corrected chi connectivity index (χ0v) is 21.3. The number of ether oxygens (including phenoxy) is 1. The van der Waals surface area contributed by atoms with Crippen molar-refractivity contribution < 1.29 is 19.4 Å². The lowest BCUT2D eigenvalue weighted by Crippen LogP contribution is -2.35. The molecular formula is C28H27ClN4O4. The molecule has 0 radical (unpaired) electrons. The second-order valence-corrected chi connectivity index (χ2v) is 9.74. The summed E-state index contributed by atoms with van der Waals surface area (Å²) in [5, 5.41) is 10.7. The number of nitrogens with two attached hydrogens (primary N) is 1. The molecule has 3 aliphatic rings. The number of carbonyl (C=O) groups is 2. The molecule has 0 unspecified atom stereocenters. The second-order valence-electron chi connectivity index (χ2n) is 9.33. The van der Waals surface area contributed by atoms with Crippen molar-refractivity contribution in [3.05, 3.63) is 70.0 Å². The molecular weight excluding hydrogens is 492 g/mol. The highest BCUT2D eigenvalue weighted by Crippen LogP contribution is 2.53. The maximum atomic E-state index is 12.4. The fourth-order valence-corrected chi connectivity index (χ4v) is 5.10. The molecule has 8 nitrogen and oxygen atoms in total. The lowest BCUT2D eigenvalue weighted by atomic mass is 9.75. The first-order valence-corrected chi connectivity index (χ1v) is 12.5. The van der Waals surface area contributed by atoms with Crippen molar-refractivity contribution in [2.75, 3.05) is 13.6 Å². The van der Waals surface area contributed by atoms with E-state index in [0.717, 1.165) is 24.0 Å². The van der Waals surface area contributed by atoms with Gasteiger partial charge >= 0.3 is 0 Å². The Hall–Kier alpha value is -3.80. The predicted octanol–water partition coefficient (Wildman–Crippen LogP) is 3.50. The molecule has 3 heterocycles. The van der Waals surface area contributed by atoms with E-state index in [1.165, 1.54) is 4.90 Å². The summed E-state index contributed by atoms with van der Waals surface area (Å²) < 4.78 is 8.05. The molecule has 0 saturated heterocycles. The van der Waals surface area contributed by atoms with Crippen molar-refractivity contribution >= 4 is 23.4 Å². The number of aromatic nitrogens is 2. The molecule has 0 spiro atoms. The largest absolute Gasteiger partial charge is 0.486 e. The van der Waals surface area contributed by atoms with Crippen LogP contribution in [0.5, 0.6) is 5.75 Å². The van der Waals surface area contributed by atoms with Gasteiger partial charge in [0, 0.05) is 30.8 Å². The highest BCUT2D eigenvalue weighted by atomic mass is 35.5. The van der Waals surface area contributed by atoms with Gasteiger partial charge in [-0.15, -0.1) is 0 Å². The number of hydrogen-bond acceptors (Lipinski definition) is 5. The van der Waals surface area contributed by atoms with E-state index in [-0.39, 0.29) is 18.3 Å². The summed E-state index contributed by atoms with van der Waals surface area (Å²) in [7, 11) is 1.62. The SMILES string of the molecule is CCN(C)C(=O)[C@H](O)C#Cc1ccc2c(c1)-c1nc(C(N)=O)c(COc3ccccc3Cl)n1C1CC2C1. The molecule has 3 N–H and O–H groups in total. The Labute approximate surface area is 220 Å². The number of para-hydroxylation sites is 1. The Balaban J connectivity index is 1.53. The molecule has 6 rings (SSSR count). The number of rotatable bonds is 6. The Bertz CT molecular complexity index is 1450. The van der Waals surface area contributed by atoms with Crippen LogP contribution in [0.2, 0.25) is 5.02 Å². The summed E-state index contributed by atoms with van der Waals surface area (Å²) >= 11 is 6.26. The van der Waals surface area contributed by atoms with Crippen molar-refractivity contribution in [3.8, 4) is 29.0 Å². The van der Waals surface area contributed by atoms with Crippen LogP contribution >= 0.6 is 11.6 Å². The molecule has 2 bridgehead atoms. The van der Waals surface area contributed by atoms with Gasteiger partial charge in [-0.3, -0.25) is 9.59 Å². The summed E-state index contributed by atoms with van der Waals surface area (Å²) in [6.07, 6.45) is 0.415. The molecule has 1 atom stereocenters. The van der Waals surface area contributed by atoms with Crippen LogP contribution in [0.15, 0.2) is 42.5 Å². The van der Waals surface area contributed by atoms with Crippen LogP contribution in [-0.4, -0.2) is 51.1 Å². The van der Waals surface area contributed by atoms with Gasteiger partial charge in [-0.25, -0.2) is 4.98 Å². The third kappa shape index (κ3) is 4.57. The maximum absolute atomic E-state index is 12.4. The first kappa shape index (κ1) is 24.9. The molecule has 3 aromatic rings. The Kier molecular flexibility index (Phi) is 6.67. The summed E-state index contributed by atoms with van der Waals surface area (Å²) in [4.78, 5) is 30.7. The van der Waals surface area contributed by atoms with E-state index in [1.54, 1.807) is 19.2 Å². The third-order valence-corrected chi connectivity index (χ3v) is 7.41. The molecule has 2 aromatic carbocycles. The van der Waals surface area contributed by atoms with Crippen LogP contribution < -0.4 is 10.5 Å². The van der Waals surface area contributed by atoms with Crippen LogP contribution in [0.25, 0.3) is 11.4 Å². The first-order chi connectivity index (χ1) is 17.8. The van der Waals surface area contributed by atoms with Gasteiger partial charge < -0.3 is 25.0 Å². The minimum atomic E-state index is -1.41. The number of hydrogen-bond donors (Lipinski definition) is 2. The van der Waals surface area contributed by atoms with Crippen molar-refractivity contribution in [2.45, 2.75) is 44.4 Å². The summed E-state index contributed by atoms with van der Waals surface area (Å²) in [6.45, 7) is 2.39. The average molecular weight is 519 g/mol. The van der Waals surface area contributed by atoms with E-state index in [1.807, 2.05) is 37.3 Å². The Morgan fingerprint density at radius 3 is 2.76 bits per heavy atom. The Morgan fingerprint density at radius 2 is 2.05 bits per heavy atom. The van der Waals surface area contributed by atoms with Gasteiger partial charge in [0.25, 0.3) is 11.8 Å². The monoisotopic (exact) mass is 518 g/mol. The van der Waals surface area contributed by atoms with Crippen LogP contribution in [0.1, 0.15) is 59.0 Å². The second kappa shape index (κ2) is 9.92. The topological polar surface area (TPSA) is 111 Å². The number of likely N-dealkylation sites (N-methyl/N-ethyl adjacent to an activating group) is 1. The summed E-state index contributed by atoms with van der Waals surface area (Å²) in [6, 6.07) is 13.1. The van der Waals surface area contributed by atoms with Crippen LogP contribution in [0, 0.1) is 11.8 Å². The number of amides is 2. The lowest BCUT2D eigenvalue weighted by molar-refractivity contribution is -0.135. The quantitative estimate of drug-likeness (QED) is 0.485. The third-order valence-electron chi connectivity index (χ3n) is 7.09. The molecule has 37 heavy (non-hydrogen) atoms. The number of carbonyl (C=O) groups excluding carboxylic acids is 2. The minimum Gasteiger partial charge on any atom is -0.486 e. The molecule has 1 aliphatic carbocycles. The van der Waals surface area contributed by atoms with E-state index in [9.17, 15) is 14.7 Å². The van der Waals surface area contributed by atoms with E-state index < -0.39 is 17.9 Å². The van der Waals surface area contributed by atoms with Gasteiger partial charge in [-0.05, 0) is 55.5 Å². The normalized spacial score (nSPS) is 17.7. The smallest absolute Gasteiger partial charge is 0.269 e. The van der Waals surface area contributed by atoms with Gasteiger partial charge in [-0.1, -0.05) is 41.6 Å². The molecule has 1 fully saturated rings. The molecule has 1 saturated carbocycles. The predicted molar refractivity (Wildman–Crippen MR) is 139 cm³/mol. The van der Waals surface area contributed by atoms with Crippen molar-refractivity contribution in [3.63, 3.8) is 0 Å². The number of imidazole rings is 1. The first-order valence-electron chi connectivity index (χ1n) is 12.2. The number of halogens is 1. The van der Waals surface area contributed by atoms with Crippen molar-refractivity contribution in [2.24, 2.45) is 5.73 Å². The van der Waals surface area contributed by atoms with Crippen molar-refractivity contribution in [1.82, 2.24) is 14.5 Å². The van der Waals surface area contributed by atoms with E-state index >= 15 is 0 Å². The van der Waals surface area contributed by atoms with Gasteiger partial charge in [0.2, 0.25) is 0 Å². The van der Waals surface area contributed by atoms with Gasteiger partial charge in [0.15, 0.2) is 11.8 Å². The molecule has 190 valence electrons. The summed E-state index contributed by atoms with van der Waals surface area (Å²) in [5.74, 6) is 5.99. The van der Waals surface area contributed by atoms with Crippen LogP contribution in [0.3, 0.4) is 0 Å². The number of aliphatic hydroxyl groups is 1. The standard InChI is InChI=1S/C28H27ClN4O4/c1-3-32(2)28(36)23(34)11-9-16-8-10-19-17-13-18(14-17)33-22(15-37-24-7-5-4-6-21(24)29)25(26(30)35)31-27(33)20(19)12-16/h4-8,10,12,17-18,23,34H,3,13-15H2,1-2H3,(H2,30,35)/t17?,18?,23-/m1/s1. The number of nitrogens with zero attached hydrogens (tertiary/aromatic N) is 3. The van der Waals surface area contributed by atoms with Gasteiger partial charge in [0.1, 0.15) is 18.2 Å². The zero-order chi connectivity index (χ0) is 26.3. The number of primary amides is 1. The van der Waals surface area contributed by atoms with Crippen LogP contribution in [-0.2, 0) is 11.4 Å². The van der Waals surface area contributed by atoms with E-state index in [4.69, 9.17) is 22.1 Å². The number of aliphatic hydroxyl groups excluding tert-OH is 1. The molecule has 2 amide bonds. The van der Waals surface area contributed by atoms with Gasteiger partial charge in [-0.2, -0.15) is 0 Å². The number of benzene rings is 2. The van der Waals surface area contributed by atoms with Crippen LogP contribution in [0.4, 0.5) is 0 Å². The lowest BCUT2D eigenvalue weighted by Gasteiger charge is -2.35. The highest BCUT2D eigenvalue weighted by Gasteiger charge is 2.41. The maximum Gasteiger partial charge on any atom is 0.269 e.